The molecule has 0 bridgehead atoms. The lowest BCUT2D eigenvalue weighted by molar-refractivity contribution is -0.144. The maximum absolute atomic E-state index is 14.8. The van der Waals surface area contributed by atoms with Gasteiger partial charge in [-0.1, -0.05) is 11.6 Å². The Kier molecular flexibility index (Phi) is 6.00. The number of pyridine rings is 1. The molecular weight excluding hydrogens is 494 g/mol. The van der Waals surface area contributed by atoms with Gasteiger partial charge in [-0.05, 0) is 36.8 Å². The normalized spacial score (nSPS) is 24.5. The van der Waals surface area contributed by atoms with Crippen LogP contribution in [0.4, 0.5) is 36.8 Å². The van der Waals surface area contributed by atoms with Crippen LogP contribution in [0.15, 0.2) is 41.5 Å². The molecule has 2 heterocycles. The van der Waals surface area contributed by atoms with Crippen molar-refractivity contribution < 1.29 is 41.0 Å². The van der Waals surface area contributed by atoms with E-state index in [9.17, 15) is 31.1 Å². The number of halogens is 7. The minimum Gasteiger partial charge on any atom is -0.465 e. The molecule has 1 amide bonds. The van der Waals surface area contributed by atoms with Gasteiger partial charge < -0.3 is 15.2 Å². The Morgan fingerprint density at radius 2 is 2.00 bits per heavy atom. The zero-order valence-corrected chi connectivity index (χ0v) is 17.5. The number of anilines is 1. The van der Waals surface area contributed by atoms with Crippen LogP contribution in [0, 0.1) is 11.7 Å². The molecule has 7 nitrogen and oxygen atoms in total. The molecule has 34 heavy (non-hydrogen) atoms. The summed E-state index contributed by atoms with van der Waals surface area (Å²) in [5.74, 6) is -2.15. The van der Waals surface area contributed by atoms with Gasteiger partial charge in [-0.2, -0.15) is 13.2 Å². The lowest BCUT2D eigenvalue weighted by Gasteiger charge is -2.34. The summed E-state index contributed by atoms with van der Waals surface area (Å²) in [5.41, 5.74) is -4.04. The number of nitrogens with one attached hydrogen (secondary N) is 2. The molecular formula is C20H15ClF6N4O3. The van der Waals surface area contributed by atoms with Gasteiger partial charge in [0.05, 0.1) is 10.7 Å². The molecule has 1 aromatic carbocycles. The largest absolute Gasteiger partial charge is 0.465 e. The maximum Gasteiger partial charge on any atom is 0.414 e. The summed E-state index contributed by atoms with van der Waals surface area (Å²) in [5, 5.41) is 12.9. The first kappa shape index (κ1) is 23.9. The second kappa shape index (κ2) is 8.53. The molecule has 1 aliphatic heterocycles. The van der Waals surface area contributed by atoms with Crippen LogP contribution in [0.5, 0.6) is 0 Å². The zero-order chi connectivity index (χ0) is 24.8. The fourth-order valence-corrected chi connectivity index (χ4v) is 4.00. The number of aromatic nitrogens is 1. The number of fused-ring (bicyclic) bond motifs is 1. The fraction of sp³-hybridized carbons (Fsp3) is 0.350. The third kappa shape index (κ3) is 4.43. The SMILES string of the molecule is O=C(O)NC1=N[C@@](c2cc(N[C@H](c3ccc(Cl)cn3)C(F)(F)F)ccc2F)(C(F)F)[C@H]2CC2O1. The van der Waals surface area contributed by atoms with Gasteiger partial charge in [-0.15, -0.1) is 0 Å². The van der Waals surface area contributed by atoms with Crippen molar-refractivity contribution >= 4 is 29.4 Å². The fourth-order valence-electron chi connectivity index (χ4n) is 3.89. The summed E-state index contributed by atoms with van der Waals surface area (Å²) >= 11 is 5.68. The number of alkyl halides is 5. The van der Waals surface area contributed by atoms with Crippen LogP contribution in [-0.4, -0.2) is 40.9 Å². The van der Waals surface area contributed by atoms with Crippen LogP contribution in [0.2, 0.25) is 5.02 Å². The molecule has 1 fully saturated rings. The van der Waals surface area contributed by atoms with Crippen molar-refractivity contribution in [3.63, 3.8) is 0 Å². The minimum absolute atomic E-state index is 0.0234. The van der Waals surface area contributed by atoms with E-state index in [-0.39, 0.29) is 17.1 Å². The van der Waals surface area contributed by atoms with E-state index in [0.717, 1.165) is 30.5 Å². The predicted molar refractivity (Wildman–Crippen MR) is 107 cm³/mol. The van der Waals surface area contributed by atoms with Gasteiger partial charge in [0.15, 0.2) is 11.6 Å². The standard InChI is InChI=1S/C20H15ClF6N4O3/c21-8-1-4-13(28-7-8)15(20(25,26)27)29-9-2-3-12(22)10(5-9)19(16(23)24)11-6-14(11)34-17(31-19)30-18(32)33/h1-5,7,11,14-16,29H,6H2,(H,30,31)(H,32,33)/t11-,14?,15+,19+/m0/s1. The first-order valence-corrected chi connectivity index (χ1v) is 10.1. The molecule has 2 aliphatic rings. The van der Waals surface area contributed by atoms with E-state index in [1.807, 2.05) is 0 Å². The first-order valence-electron chi connectivity index (χ1n) is 9.71. The summed E-state index contributed by atoms with van der Waals surface area (Å²) in [7, 11) is 0. The number of aliphatic imine (C=N–C) groups is 1. The number of nitrogens with zero attached hydrogens (tertiary/aromatic N) is 2. The molecule has 1 aromatic heterocycles. The van der Waals surface area contributed by atoms with Gasteiger partial charge in [0.1, 0.15) is 11.9 Å². The van der Waals surface area contributed by atoms with E-state index in [0.29, 0.717) is 0 Å². The number of carboxylic acid groups (broad SMARTS) is 1. The molecule has 1 aliphatic carbocycles. The second-order valence-electron chi connectivity index (χ2n) is 7.69. The number of ether oxygens (including phenoxy) is 1. The Balaban J connectivity index is 1.76. The molecule has 3 N–H and O–H groups in total. The number of amides is 1. The van der Waals surface area contributed by atoms with E-state index in [1.165, 1.54) is 6.07 Å². The number of carbonyl (C=O) groups is 1. The average molecular weight is 509 g/mol. The van der Waals surface area contributed by atoms with E-state index in [2.05, 4.69) is 15.3 Å². The highest BCUT2D eigenvalue weighted by atomic mass is 35.5. The molecule has 1 saturated carbocycles. The molecule has 4 rings (SSSR count). The second-order valence-corrected chi connectivity index (χ2v) is 8.12. The molecule has 0 saturated heterocycles. The van der Waals surface area contributed by atoms with Crippen molar-refractivity contribution in [1.82, 2.24) is 10.3 Å². The van der Waals surface area contributed by atoms with Crippen molar-refractivity contribution in [3.8, 4) is 0 Å². The van der Waals surface area contributed by atoms with E-state index in [4.69, 9.17) is 21.4 Å². The van der Waals surface area contributed by atoms with E-state index >= 15 is 0 Å². The maximum atomic E-state index is 14.8. The van der Waals surface area contributed by atoms with Crippen LogP contribution in [-0.2, 0) is 10.3 Å². The molecule has 0 spiro atoms. The zero-order valence-electron chi connectivity index (χ0n) is 16.8. The summed E-state index contributed by atoms with van der Waals surface area (Å²) in [6.07, 6.45) is -9.63. The highest BCUT2D eigenvalue weighted by molar-refractivity contribution is 6.30. The molecule has 4 atom stereocenters. The van der Waals surface area contributed by atoms with Gasteiger partial charge >= 0.3 is 12.3 Å². The number of benzene rings is 1. The monoisotopic (exact) mass is 508 g/mol. The predicted octanol–water partition coefficient (Wildman–Crippen LogP) is 5.09. The van der Waals surface area contributed by atoms with Crippen molar-refractivity contribution in [2.75, 3.05) is 5.32 Å². The topological polar surface area (TPSA) is 95.8 Å². The minimum atomic E-state index is -4.85. The van der Waals surface area contributed by atoms with Gasteiger partial charge in [-0.3, -0.25) is 4.98 Å². The number of hydrogen-bond donors (Lipinski definition) is 3. The lowest BCUT2D eigenvalue weighted by atomic mass is 9.84. The number of amidine groups is 1. The van der Waals surface area contributed by atoms with Gasteiger partial charge in [0.25, 0.3) is 12.4 Å². The Morgan fingerprint density at radius 1 is 1.26 bits per heavy atom. The molecule has 1 unspecified atom stereocenters. The van der Waals surface area contributed by atoms with Crippen molar-refractivity contribution in [2.45, 2.75) is 36.7 Å². The van der Waals surface area contributed by atoms with Crippen LogP contribution in [0.1, 0.15) is 23.7 Å². The Hall–Kier alpha value is -3.22. The summed E-state index contributed by atoms with van der Waals surface area (Å²) in [6.45, 7) is 0. The number of hydrogen-bond acceptors (Lipinski definition) is 5. The van der Waals surface area contributed by atoms with Crippen LogP contribution in [0.3, 0.4) is 0 Å². The van der Waals surface area contributed by atoms with Crippen LogP contribution >= 0.6 is 11.6 Å². The molecule has 0 radical (unpaired) electrons. The van der Waals surface area contributed by atoms with Gasteiger partial charge in [0, 0.05) is 23.4 Å². The molecule has 14 heteroatoms. The van der Waals surface area contributed by atoms with Crippen molar-refractivity contribution in [3.05, 3.63) is 58.6 Å². The average Bonchev–Trinajstić information content (AvgIpc) is 3.52. The summed E-state index contributed by atoms with van der Waals surface area (Å²) in [6, 6.07) is 1.63. The Morgan fingerprint density at radius 3 is 2.59 bits per heavy atom. The van der Waals surface area contributed by atoms with Crippen LogP contribution < -0.4 is 10.6 Å². The highest BCUT2D eigenvalue weighted by Gasteiger charge is 2.64. The third-order valence-corrected chi connectivity index (χ3v) is 5.70. The number of rotatable bonds is 5. The van der Waals surface area contributed by atoms with E-state index < -0.39 is 65.4 Å². The van der Waals surface area contributed by atoms with Crippen molar-refractivity contribution in [2.24, 2.45) is 10.9 Å². The first-order chi connectivity index (χ1) is 15.9. The smallest absolute Gasteiger partial charge is 0.414 e. The van der Waals surface area contributed by atoms with Gasteiger partial charge in [0.2, 0.25) is 0 Å². The van der Waals surface area contributed by atoms with E-state index in [1.54, 1.807) is 5.32 Å². The third-order valence-electron chi connectivity index (χ3n) is 5.48. The molecule has 182 valence electrons. The Labute approximate surface area is 192 Å². The Bertz CT molecular complexity index is 1130. The summed E-state index contributed by atoms with van der Waals surface area (Å²) in [4.78, 5) is 18.3. The quantitative estimate of drug-likeness (QED) is 0.489. The highest BCUT2D eigenvalue weighted by Crippen LogP contribution is 2.56. The van der Waals surface area contributed by atoms with Gasteiger partial charge in [-0.25, -0.2) is 28.3 Å². The van der Waals surface area contributed by atoms with Crippen molar-refractivity contribution in [1.29, 1.82) is 0 Å². The molecule has 2 aromatic rings. The summed E-state index contributed by atoms with van der Waals surface area (Å²) < 4.78 is 90.0. The lowest BCUT2D eigenvalue weighted by Crippen LogP contribution is -2.45. The van der Waals surface area contributed by atoms with Crippen LogP contribution in [0.25, 0.3) is 0 Å².